The first-order chi connectivity index (χ1) is 7.54. The normalized spacial score (nSPS) is 18.4. The van der Waals surface area contributed by atoms with Crippen LogP contribution < -0.4 is 0 Å². The number of rotatable bonds is 2. The molecule has 16 heavy (non-hydrogen) atoms. The lowest BCUT2D eigenvalue weighted by atomic mass is 10.1. The molecule has 0 saturated carbocycles. The van der Waals surface area contributed by atoms with Crippen LogP contribution in [0.5, 0.6) is 0 Å². The molecule has 0 aliphatic carbocycles. The number of esters is 1. The van der Waals surface area contributed by atoms with Crippen molar-refractivity contribution in [3.8, 4) is 0 Å². The largest absolute Gasteiger partial charge is 0.465 e. The van der Waals surface area contributed by atoms with Gasteiger partial charge in [0.15, 0.2) is 0 Å². The lowest BCUT2D eigenvalue weighted by Gasteiger charge is -2.29. The van der Waals surface area contributed by atoms with Crippen LogP contribution in [0.25, 0.3) is 0 Å². The average Bonchev–Trinajstić information content (AvgIpc) is 2.28. The van der Waals surface area contributed by atoms with E-state index in [9.17, 15) is 9.59 Å². The highest BCUT2D eigenvalue weighted by Gasteiger charge is 2.24. The first-order valence-electron chi connectivity index (χ1n) is 5.36. The molecule has 1 rings (SSSR count). The van der Waals surface area contributed by atoms with E-state index < -0.39 is 6.09 Å². The molecule has 0 spiro atoms. The van der Waals surface area contributed by atoms with E-state index in [0.29, 0.717) is 31.5 Å². The molecule has 0 atom stereocenters. The number of nitrogens with zero attached hydrogens (tertiary/aromatic N) is 1. The van der Waals surface area contributed by atoms with Gasteiger partial charge >= 0.3 is 12.1 Å². The van der Waals surface area contributed by atoms with Crippen LogP contribution in [0.3, 0.4) is 0 Å². The number of carbonyl (C=O) groups excluding carboxylic acids is 1. The number of piperidine rings is 1. The van der Waals surface area contributed by atoms with Gasteiger partial charge in [0.25, 0.3) is 0 Å². The smallest absolute Gasteiger partial charge is 0.407 e. The number of carboxylic acid groups (broad SMARTS) is 1. The van der Waals surface area contributed by atoms with Crippen molar-refractivity contribution in [2.75, 3.05) is 13.1 Å². The Balaban J connectivity index is 2.38. The third kappa shape index (κ3) is 3.25. The molecule has 1 N–H and O–H groups in total. The van der Waals surface area contributed by atoms with Crippen LogP contribution in [0.2, 0.25) is 0 Å². The molecule has 1 aliphatic heterocycles. The molecule has 1 amide bonds. The Bertz CT molecular complexity index is 303. The van der Waals surface area contributed by atoms with Crippen LogP contribution in [0.1, 0.15) is 26.7 Å². The number of allylic oxidation sites excluding steroid dienone is 1. The van der Waals surface area contributed by atoms with Crippen LogP contribution in [0.4, 0.5) is 4.79 Å². The summed E-state index contributed by atoms with van der Waals surface area (Å²) in [6, 6.07) is 0. The van der Waals surface area contributed by atoms with E-state index in [0.717, 1.165) is 0 Å². The number of ether oxygens (including phenoxy) is 1. The van der Waals surface area contributed by atoms with Gasteiger partial charge in [-0.2, -0.15) is 0 Å². The van der Waals surface area contributed by atoms with Gasteiger partial charge < -0.3 is 14.7 Å². The van der Waals surface area contributed by atoms with Gasteiger partial charge in [0.2, 0.25) is 0 Å². The molecule has 0 aromatic carbocycles. The van der Waals surface area contributed by atoms with E-state index in [-0.39, 0.29) is 12.1 Å². The Kier molecular flexibility index (Phi) is 4.34. The van der Waals surface area contributed by atoms with Crippen molar-refractivity contribution in [2.45, 2.75) is 32.8 Å². The highest BCUT2D eigenvalue weighted by Crippen LogP contribution is 2.15. The molecule has 5 heteroatoms. The number of amides is 1. The fraction of sp³-hybridized carbons (Fsp3) is 0.636. The van der Waals surface area contributed by atoms with Gasteiger partial charge in [-0.3, -0.25) is 0 Å². The molecular formula is C11H17NO4. The molecular weight excluding hydrogens is 210 g/mol. The molecule has 1 heterocycles. The maximum atomic E-state index is 11.4. The number of hydrogen-bond donors (Lipinski definition) is 1. The minimum atomic E-state index is -0.908. The summed E-state index contributed by atoms with van der Waals surface area (Å²) in [6.45, 7) is 4.35. The Labute approximate surface area is 94.7 Å². The zero-order chi connectivity index (χ0) is 12.1. The molecule has 0 aromatic heterocycles. The maximum absolute atomic E-state index is 11.4. The summed E-state index contributed by atoms with van der Waals surface area (Å²) in [5, 5.41) is 8.74. The van der Waals surface area contributed by atoms with Gasteiger partial charge in [-0.05, 0) is 13.8 Å². The van der Waals surface area contributed by atoms with Gasteiger partial charge in [0, 0.05) is 31.5 Å². The summed E-state index contributed by atoms with van der Waals surface area (Å²) in [6.07, 6.45) is 1.80. The highest BCUT2D eigenvalue weighted by atomic mass is 16.5. The first-order valence-corrected chi connectivity index (χ1v) is 5.36. The van der Waals surface area contributed by atoms with Crippen LogP contribution >= 0.6 is 0 Å². The SMILES string of the molecule is CC=C(C)C(=O)OC1CCN(C(=O)O)CC1. The molecule has 90 valence electrons. The molecule has 0 radical (unpaired) electrons. The van der Waals surface area contributed by atoms with E-state index in [1.807, 2.05) is 0 Å². The van der Waals surface area contributed by atoms with Crippen molar-refractivity contribution >= 4 is 12.1 Å². The molecule has 1 aliphatic rings. The predicted molar refractivity (Wildman–Crippen MR) is 58.1 cm³/mol. The topological polar surface area (TPSA) is 66.8 Å². The number of hydrogen-bond acceptors (Lipinski definition) is 3. The molecule has 0 bridgehead atoms. The lowest BCUT2D eigenvalue weighted by molar-refractivity contribution is -0.146. The summed E-state index contributed by atoms with van der Waals surface area (Å²) in [5.74, 6) is -0.309. The second-order valence-electron chi connectivity index (χ2n) is 3.85. The molecule has 0 unspecified atom stereocenters. The average molecular weight is 227 g/mol. The fourth-order valence-corrected chi connectivity index (χ4v) is 1.53. The summed E-state index contributed by atoms with van der Waals surface area (Å²) in [7, 11) is 0. The van der Waals surface area contributed by atoms with Crippen molar-refractivity contribution in [1.29, 1.82) is 0 Å². The van der Waals surface area contributed by atoms with Gasteiger partial charge in [-0.15, -0.1) is 0 Å². The van der Waals surface area contributed by atoms with E-state index in [1.54, 1.807) is 19.9 Å². The zero-order valence-electron chi connectivity index (χ0n) is 9.60. The second kappa shape index (κ2) is 5.53. The minimum Gasteiger partial charge on any atom is -0.465 e. The van der Waals surface area contributed by atoms with E-state index in [1.165, 1.54) is 4.90 Å². The fourth-order valence-electron chi connectivity index (χ4n) is 1.53. The van der Waals surface area contributed by atoms with Gasteiger partial charge in [-0.25, -0.2) is 9.59 Å². The standard InChI is InChI=1S/C11H17NO4/c1-3-8(2)10(13)16-9-4-6-12(7-5-9)11(14)15/h3,9H,4-7H2,1-2H3,(H,14,15). The van der Waals surface area contributed by atoms with Crippen LogP contribution in [0, 0.1) is 0 Å². The lowest BCUT2D eigenvalue weighted by Crippen LogP contribution is -2.40. The third-order valence-corrected chi connectivity index (χ3v) is 2.74. The maximum Gasteiger partial charge on any atom is 0.407 e. The van der Waals surface area contributed by atoms with E-state index >= 15 is 0 Å². The van der Waals surface area contributed by atoms with Crippen LogP contribution in [-0.2, 0) is 9.53 Å². The first kappa shape index (κ1) is 12.5. The second-order valence-corrected chi connectivity index (χ2v) is 3.85. The summed E-state index contributed by atoms with van der Waals surface area (Å²) >= 11 is 0. The van der Waals surface area contributed by atoms with Crippen molar-refractivity contribution < 1.29 is 19.4 Å². The van der Waals surface area contributed by atoms with Gasteiger partial charge in [0.05, 0.1) is 0 Å². The molecule has 1 fully saturated rings. The Morgan fingerprint density at radius 1 is 1.38 bits per heavy atom. The quantitative estimate of drug-likeness (QED) is 0.575. The van der Waals surface area contributed by atoms with E-state index in [4.69, 9.17) is 9.84 Å². The molecule has 1 saturated heterocycles. The Hall–Kier alpha value is -1.52. The number of likely N-dealkylation sites (tertiary alicyclic amines) is 1. The Morgan fingerprint density at radius 2 is 1.94 bits per heavy atom. The van der Waals surface area contributed by atoms with Gasteiger partial charge in [-0.1, -0.05) is 6.08 Å². The predicted octanol–water partition coefficient (Wildman–Crippen LogP) is 1.64. The van der Waals surface area contributed by atoms with Crippen molar-refractivity contribution in [1.82, 2.24) is 4.90 Å². The van der Waals surface area contributed by atoms with Gasteiger partial charge in [0.1, 0.15) is 6.10 Å². The third-order valence-electron chi connectivity index (χ3n) is 2.74. The van der Waals surface area contributed by atoms with E-state index in [2.05, 4.69) is 0 Å². The zero-order valence-corrected chi connectivity index (χ0v) is 9.60. The number of carbonyl (C=O) groups is 2. The summed E-state index contributed by atoms with van der Waals surface area (Å²) in [4.78, 5) is 23.4. The van der Waals surface area contributed by atoms with Crippen molar-refractivity contribution in [3.05, 3.63) is 11.6 Å². The molecule has 0 aromatic rings. The van der Waals surface area contributed by atoms with Crippen molar-refractivity contribution in [2.24, 2.45) is 0 Å². The Morgan fingerprint density at radius 3 is 2.38 bits per heavy atom. The highest BCUT2D eigenvalue weighted by molar-refractivity contribution is 5.87. The van der Waals surface area contributed by atoms with Crippen LogP contribution in [-0.4, -0.2) is 41.3 Å². The molecule has 5 nitrogen and oxygen atoms in total. The van der Waals surface area contributed by atoms with Crippen molar-refractivity contribution in [3.63, 3.8) is 0 Å². The van der Waals surface area contributed by atoms with Crippen LogP contribution in [0.15, 0.2) is 11.6 Å². The minimum absolute atomic E-state index is 0.155. The summed E-state index contributed by atoms with van der Waals surface area (Å²) < 4.78 is 5.25. The monoisotopic (exact) mass is 227 g/mol. The summed E-state index contributed by atoms with van der Waals surface area (Å²) in [5.41, 5.74) is 0.584.